The Morgan fingerprint density at radius 3 is 2.40 bits per heavy atom. The summed E-state index contributed by atoms with van der Waals surface area (Å²) in [5, 5.41) is 2.27. The van der Waals surface area contributed by atoms with Gasteiger partial charge in [-0.2, -0.15) is 13.2 Å². The van der Waals surface area contributed by atoms with E-state index in [0.29, 0.717) is 12.1 Å². The molecule has 0 radical (unpaired) electrons. The number of hydrogen-bond acceptors (Lipinski definition) is 2. The van der Waals surface area contributed by atoms with Gasteiger partial charge < -0.3 is 10.2 Å². The molecule has 0 heterocycles. The van der Waals surface area contributed by atoms with Crippen molar-refractivity contribution in [2.75, 3.05) is 20.6 Å². The van der Waals surface area contributed by atoms with E-state index >= 15 is 0 Å². The minimum Gasteiger partial charge on any atom is -0.358 e. The minimum absolute atomic E-state index is 0.311. The van der Waals surface area contributed by atoms with E-state index in [1.165, 1.54) is 14.1 Å². The number of halogens is 4. The van der Waals surface area contributed by atoms with E-state index in [9.17, 15) is 27.2 Å². The SMILES string of the molecule is CNC(=O)CN(C)C(=O)c1ccc(F)c(C(F)(F)F)c1. The fourth-order valence-corrected chi connectivity index (χ4v) is 1.46. The number of amides is 2. The lowest BCUT2D eigenvalue weighted by Crippen LogP contribution is -2.37. The van der Waals surface area contributed by atoms with Gasteiger partial charge in [0, 0.05) is 19.7 Å². The van der Waals surface area contributed by atoms with E-state index in [1.54, 1.807) is 0 Å². The van der Waals surface area contributed by atoms with Crippen molar-refractivity contribution < 1.29 is 27.2 Å². The van der Waals surface area contributed by atoms with Crippen molar-refractivity contribution in [3.8, 4) is 0 Å². The zero-order valence-corrected chi connectivity index (χ0v) is 10.7. The molecule has 0 aromatic heterocycles. The Morgan fingerprint density at radius 1 is 1.30 bits per heavy atom. The van der Waals surface area contributed by atoms with Crippen molar-refractivity contribution in [3.63, 3.8) is 0 Å². The van der Waals surface area contributed by atoms with Crippen LogP contribution in [-0.2, 0) is 11.0 Å². The van der Waals surface area contributed by atoms with Crippen LogP contribution >= 0.6 is 0 Å². The first kappa shape index (κ1) is 15.9. The van der Waals surface area contributed by atoms with Crippen LogP contribution in [0.4, 0.5) is 17.6 Å². The molecule has 8 heteroatoms. The van der Waals surface area contributed by atoms with Crippen LogP contribution in [-0.4, -0.2) is 37.4 Å². The Bertz CT molecular complexity index is 529. The van der Waals surface area contributed by atoms with Gasteiger partial charge in [-0.15, -0.1) is 0 Å². The molecule has 0 spiro atoms. The van der Waals surface area contributed by atoms with Crippen LogP contribution in [0.3, 0.4) is 0 Å². The molecule has 1 aromatic carbocycles. The molecule has 0 saturated heterocycles. The molecule has 4 nitrogen and oxygen atoms in total. The monoisotopic (exact) mass is 292 g/mol. The maximum atomic E-state index is 13.1. The van der Waals surface area contributed by atoms with Gasteiger partial charge in [-0.05, 0) is 18.2 Å². The summed E-state index contributed by atoms with van der Waals surface area (Å²) in [5.74, 6) is -2.74. The molecule has 2 amide bonds. The van der Waals surface area contributed by atoms with Crippen molar-refractivity contribution >= 4 is 11.8 Å². The highest BCUT2D eigenvalue weighted by atomic mass is 19.4. The van der Waals surface area contributed by atoms with Crippen LogP contribution < -0.4 is 5.32 Å². The zero-order valence-electron chi connectivity index (χ0n) is 10.7. The van der Waals surface area contributed by atoms with E-state index < -0.39 is 29.4 Å². The molecule has 0 saturated carbocycles. The number of benzene rings is 1. The third-order valence-corrected chi connectivity index (χ3v) is 2.53. The summed E-state index contributed by atoms with van der Waals surface area (Å²) in [6.45, 7) is -0.311. The van der Waals surface area contributed by atoms with Gasteiger partial charge in [0.05, 0.1) is 12.1 Å². The van der Waals surface area contributed by atoms with Gasteiger partial charge in [0.1, 0.15) is 5.82 Å². The number of rotatable bonds is 3. The van der Waals surface area contributed by atoms with Crippen molar-refractivity contribution in [3.05, 3.63) is 35.1 Å². The highest BCUT2D eigenvalue weighted by Crippen LogP contribution is 2.32. The summed E-state index contributed by atoms with van der Waals surface area (Å²) < 4.78 is 50.7. The van der Waals surface area contributed by atoms with Crippen molar-refractivity contribution in [2.24, 2.45) is 0 Å². The Kier molecular flexibility index (Phi) is 4.69. The summed E-state index contributed by atoms with van der Waals surface area (Å²) in [6.07, 6.45) is -4.89. The molecular weight excluding hydrogens is 280 g/mol. The first-order valence-electron chi connectivity index (χ1n) is 5.49. The predicted octanol–water partition coefficient (Wildman–Crippen LogP) is 1.66. The topological polar surface area (TPSA) is 49.4 Å². The number of carbonyl (C=O) groups excluding carboxylic acids is 2. The van der Waals surface area contributed by atoms with Crippen LogP contribution in [0.2, 0.25) is 0 Å². The number of carbonyl (C=O) groups is 2. The smallest absolute Gasteiger partial charge is 0.358 e. The normalized spacial score (nSPS) is 11.1. The Morgan fingerprint density at radius 2 is 1.90 bits per heavy atom. The summed E-state index contributed by atoms with van der Waals surface area (Å²) in [4.78, 5) is 23.9. The minimum atomic E-state index is -4.89. The van der Waals surface area contributed by atoms with Crippen LogP contribution in [0.15, 0.2) is 18.2 Å². The maximum Gasteiger partial charge on any atom is 0.419 e. The largest absolute Gasteiger partial charge is 0.419 e. The maximum absolute atomic E-state index is 13.1. The van der Waals surface area contributed by atoms with E-state index in [-0.39, 0.29) is 12.1 Å². The van der Waals surface area contributed by atoms with Crippen LogP contribution in [0, 0.1) is 5.82 Å². The molecule has 0 bridgehead atoms. The van der Waals surface area contributed by atoms with Crippen LogP contribution in [0.5, 0.6) is 0 Å². The second kappa shape index (κ2) is 5.89. The van der Waals surface area contributed by atoms with Crippen LogP contribution in [0.25, 0.3) is 0 Å². The summed E-state index contributed by atoms with van der Waals surface area (Å²) >= 11 is 0. The predicted molar refractivity (Wildman–Crippen MR) is 62.4 cm³/mol. The molecule has 1 N–H and O–H groups in total. The third kappa shape index (κ3) is 3.69. The molecule has 110 valence electrons. The fourth-order valence-electron chi connectivity index (χ4n) is 1.46. The van der Waals surface area contributed by atoms with Gasteiger partial charge in [0.25, 0.3) is 5.91 Å². The van der Waals surface area contributed by atoms with Gasteiger partial charge in [-0.25, -0.2) is 4.39 Å². The first-order valence-corrected chi connectivity index (χ1v) is 5.49. The summed E-state index contributed by atoms with van der Waals surface area (Å²) in [5.41, 5.74) is -1.86. The third-order valence-electron chi connectivity index (χ3n) is 2.53. The average molecular weight is 292 g/mol. The number of likely N-dealkylation sites (N-methyl/N-ethyl adjacent to an activating group) is 2. The number of nitrogens with one attached hydrogen (secondary N) is 1. The highest BCUT2D eigenvalue weighted by molar-refractivity contribution is 5.96. The Hall–Kier alpha value is -2.12. The van der Waals surface area contributed by atoms with E-state index in [2.05, 4.69) is 5.32 Å². The molecule has 1 aromatic rings. The lowest BCUT2D eigenvalue weighted by atomic mass is 10.1. The lowest BCUT2D eigenvalue weighted by Gasteiger charge is -2.17. The Balaban J connectivity index is 3.03. The van der Waals surface area contributed by atoms with E-state index in [4.69, 9.17) is 0 Å². The number of hydrogen-bond donors (Lipinski definition) is 1. The zero-order chi connectivity index (χ0) is 15.5. The molecule has 20 heavy (non-hydrogen) atoms. The standard InChI is InChI=1S/C12H12F4N2O2/c1-17-10(19)6-18(2)11(20)7-3-4-9(13)8(5-7)12(14,15)16/h3-5H,6H2,1-2H3,(H,17,19). The molecule has 0 aliphatic carbocycles. The van der Waals surface area contributed by atoms with Gasteiger partial charge in [-0.3, -0.25) is 9.59 Å². The Labute approximate surface area is 112 Å². The van der Waals surface area contributed by atoms with Crippen molar-refractivity contribution in [1.82, 2.24) is 10.2 Å². The molecule has 0 atom stereocenters. The molecule has 0 aliphatic rings. The second-order valence-corrected chi connectivity index (χ2v) is 4.03. The van der Waals surface area contributed by atoms with Gasteiger partial charge in [0.2, 0.25) is 5.91 Å². The molecule has 0 aliphatic heterocycles. The number of alkyl halides is 3. The molecule has 0 fully saturated rings. The summed E-state index contributed by atoms with van der Waals surface area (Å²) in [7, 11) is 2.62. The van der Waals surface area contributed by atoms with Gasteiger partial charge in [0.15, 0.2) is 0 Å². The molecular formula is C12H12F4N2O2. The molecule has 0 unspecified atom stereocenters. The lowest BCUT2D eigenvalue weighted by molar-refractivity contribution is -0.140. The van der Waals surface area contributed by atoms with E-state index in [1.807, 2.05) is 0 Å². The fraction of sp³-hybridized carbons (Fsp3) is 0.333. The quantitative estimate of drug-likeness (QED) is 0.861. The second-order valence-electron chi connectivity index (χ2n) is 4.03. The van der Waals surface area contributed by atoms with E-state index in [0.717, 1.165) is 11.0 Å². The van der Waals surface area contributed by atoms with Gasteiger partial charge in [-0.1, -0.05) is 0 Å². The van der Waals surface area contributed by atoms with Crippen molar-refractivity contribution in [2.45, 2.75) is 6.18 Å². The van der Waals surface area contributed by atoms with Crippen LogP contribution in [0.1, 0.15) is 15.9 Å². The summed E-state index contributed by atoms with van der Waals surface area (Å²) in [6, 6.07) is 1.94. The average Bonchev–Trinajstić information content (AvgIpc) is 2.36. The highest BCUT2D eigenvalue weighted by Gasteiger charge is 2.34. The van der Waals surface area contributed by atoms with Crippen molar-refractivity contribution in [1.29, 1.82) is 0 Å². The molecule has 1 rings (SSSR count). The van der Waals surface area contributed by atoms with Gasteiger partial charge >= 0.3 is 6.18 Å². The first-order chi connectivity index (χ1) is 9.16. The number of nitrogens with zero attached hydrogens (tertiary/aromatic N) is 1.